The van der Waals surface area contributed by atoms with E-state index in [0.717, 1.165) is 23.5 Å². The molecule has 2 aromatic heterocycles. The Balaban J connectivity index is 1.65. The highest BCUT2D eigenvalue weighted by molar-refractivity contribution is 7.18. The molecular weight excluding hydrogens is 294 g/mol. The second-order valence-electron chi connectivity index (χ2n) is 7.04. The van der Waals surface area contributed by atoms with Crippen molar-refractivity contribution in [2.75, 3.05) is 11.9 Å². The number of thiophene rings is 1. The first-order valence-corrected chi connectivity index (χ1v) is 8.97. The summed E-state index contributed by atoms with van der Waals surface area (Å²) in [6, 6.07) is 0.542. The predicted molar refractivity (Wildman–Crippen MR) is 90.5 cm³/mol. The standard InChI is InChI=1S/C17H23N3OS/c1-9-10(2)22-17-15(9)16(18-8-19-17)20(3)13-4-11-6-14(21)7-12(11)5-13/h8,11-14,21H,4-7H2,1-3H3/t11-,12+,13?,14?. The molecule has 2 aliphatic rings. The molecular formula is C17H23N3OS. The lowest BCUT2D eigenvalue weighted by molar-refractivity contribution is 0.171. The Hall–Kier alpha value is -1.20. The van der Waals surface area contributed by atoms with E-state index in [1.54, 1.807) is 17.7 Å². The molecule has 1 N–H and O–H groups in total. The summed E-state index contributed by atoms with van der Waals surface area (Å²) < 4.78 is 0. The number of hydrogen-bond acceptors (Lipinski definition) is 5. The lowest BCUT2D eigenvalue weighted by Gasteiger charge is -2.27. The minimum Gasteiger partial charge on any atom is -0.393 e. The maximum absolute atomic E-state index is 9.82. The molecule has 4 nitrogen and oxygen atoms in total. The van der Waals surface area contributed by atoms with Gasteiger partial charge in [0.05, 0.1) is 11.5 Å². The van der Waals surface area contributed by atoms with Gasteiger partial charge >= 0.3 is 0 Å². The number of rotatable bonds is 2. The molecule has 2 unspecified atom stereocenters. The fourth-order valence-electron chi connectivity index (χ4n) is 4.47. The molecule has 0 aliphatic heterocycles. The average molecular weight is 317 g/mol. The summed E-state index contributed by atoms with van der Waals surface area (Å²) >= 11 is 1.76. The van der Waals surface area contributed by atoms with Crippen molar-refractivity contribution in [1.29, 1.82) is 0 Å². The van der Waals surface area contributed by atoms with Gasteiger partial charge in [-0.25, -0.2) is 9.97 Å². The van der Waals surface area contributed by atoms with Gasteiger partial charge in [-0.3, -0.25) is 0 Å². The van der Waals surface area contributed by atoms with Gasteiger partial charge in [0.15, 0.2) is 0 Å². The van der Waals surface area contributed by atoms with Gasteiger partial charge < -0.3 is 10.0 Å². The fourth-order valence-corrected chi connectivity index (χ4v) is 5.46. The Morgan fingerprint density at radius 3 is 2.50 bits per heavy atom. The van der Waals surface area contributed by atoms with E-state index in [0.29, 0.717) is 17.9 Å². The highest BCUT2D eigenvalue weighted by Gasteiger charge is 2.42. The zero-order chi connectivity index (χ0) is 15.4. The van der Waals surface area contributed by atoms with Crippen molar-refractivity contribution in [1.82, 2.24) is 9.97 Å². The summed E-state index contributed by atoms with van der Waals surface area (Å²) in [7, 11) is 2.18. The van der Waals surface area contributed by atoms with Crippen LogP contribution in [0.3, 0.4) is 0 Å². The van der Waals surface area contributed by atoms with E-state index in [4.69, 9.17) is 0 Å². The Morgan fingerprint density at radius 2 is 1.82 bits per heavy atom. The maximum Gasteiger partial charge on any atom is 0.141 e. The second kappa shape index (κ2) is 5.17. The van der Waals surface area contributed by atoms with E-state index in [1.165, 1.54) is 28.7 Å². The molecule has 0 saturated heterocycles. The van der Waals surface area contributed by atoms with Gasteiger partial charge in [-0.1, -0.05) is 0 Å². The Kier molecular flexibility index (Phi) is 3.38. The molecule has 0 aromatic carbocycles. The van der Waals surface area contributed by atoms with Crippen molar-refractivity contribution in [3.8, 4) is 0 Å². The van der Waals surface area contributed by atoms with Crippen molar-refractivity contribution >= 4 is 27.4 Å². The molecule has 118 valence electrons. The number of anilines is 1. The molecule has 4 rings (SSSR count). The molecule has 4 atom stereocenters. The van der Waals surface area contributed by atoms with Crippen LogP contribution in [-0.4, -0.2) is 34.3 Å². The van der Waals surface area contributed by atoms with Gasteiger partial charge in [0.2, 0.25) is 0 Å². The van der Waals surface area contributed by atoms with Crippen molar-refractivity contribution < 1.29 is 5.11 Å². The van der Waals surface area contributed by atoms with Gasteiger partial charge in [0.1, 0.15) is 17.0 Å². The highest BCUT2D eigenvalue weighted by Crippen LogP contribution is 2.46. The molecule has 5 heteroatoms. The number of hydrogen-bond donors (Lipinski definition) is 1. The Morgan fingerprint density at radius 1 is 1.14 bits per heavy atom. The average Bonchev–Trinajstić information content (AvgIpc) is 3.10. The molecule has 2 heterocycles. The topological polar surface area (TPSA) is 49.2 Å². The largest absolute Gasteiger partial charge is 0.393 e. The number of nitrogens with zero attached hydrogens (tertiary/aromatic N) is 3. The van der Waals surface area contributed by atoms with E-state index in [2.05, 4.69) is 35.8 Å². The first-order valence-electron chi connectivity index (χ1n) is 8.16. The van der Waals surface area contributed by atoms with Crippen LogP contribution in [0.4, 0.5) is 5.82 Å². The SMILES string of the molecule is Cc1sc2ncnc(N(C)C3C[C@H]4CC(O)C[C@H]4C3)c2c1C. The van der Waals surface area contributed by atoms with Crippen LogP contribution in [0.5, 0.6) is 0 Å². The van der Waals surface area contributed by atoms with Crippen LogP contribution in [0.1, 0.15) is 36.1 Å². The van der Waals surface area contributed by atoms with Crippen molar-refractivity contribution in [2.24, 2.45) is 11.8 Å². The van der Waals surface area contributed by atoms with Gasteiger partial charge in [-0.15, -0.1) is 11.3 Å². The third-order valence-corrected chi connectivity index (χ3v) is 6.91. The van der Waals surface area contributed by atoms with Crippen LogP contribution in [0.15, 0.2) is 6.33 Å². The van der Waals surface area contributed by atoms with E-state index in [1.807, 2.05) is 0 Å². The van der Waals surface area contributed by atoms with Crippen molar-refractivity contribution in [3.05, 3.63) is 16.8 Å². The van der Waals surface area contributed by atoms with E-state index < -0.39 is 0 Å². The van der Waals surface area contributed by atoms with Crippen LogP contribution in [-0.2, 0) is 0 Å². The van der Waals surface area contributed by atoms with E-state index in [9.17, 15) is 5.11 Å². The Bertz CT molecular complexity index is 699. The minimum absolute atomic E-state index is 0.0613. The fraction of sp³-hybridized carbons (Fsp3) is 0.647. The number of aliphatic hydroxyl groups excluding tert-OH is 1. The zero-order valence-electron chi connectivity index (χ0n) is 13.4. The van der Waals surface area contributed by atoms with Gasteiger partial charge in [0.25, 0.3) is 0 Å². The predicted octanol–water partition coefficient (Wildman–Crippen LogP) is 3.29. The van der Waals surface area contributed by atoms with Crippen molar-refractivity contribution in [2.45, 2.75) is 51.7 Å². The van der Waals surface area contributed by atoms with Crippen LogP contribution < -0.4 is 4.90 Å². The maximum atomic E-state index is 9.82. The molecule has 0 amide bonds. The normalized spacial score (nSPS) is 30.9. The molecule has 0 radical (unpaired) electrons. The molecule has 0 bridgehead atoms. The van der Waals surface area contributed by atoms with E-state index in [-0.39, 0.29) is 6.10 Å². The molecule has 2 fully saturated rings. The van der Waals surface area contributed by atoms with Crippen molar-refractivity contribution in [3.63, 3.8) is 0 Å². The summed E-state index contributed by atoms with van der Waals surface area (Å²) in [6.45, 7) is 4.33. The minimum atomic E-state index is -0.0613. The highest BCUT2D eigenvalue weighted by atomic mass is 32.1. The van der Waals surface area contributed by atoms with E-state index >= 15 is 0 Å². The molecule has 22 heavy (non-hydrogen) atoms. The summed E-state index contributed by atoms with van der Waals surface area (Å²) in [4.78, 5) is 13.9. The number of aliphatic hydroxyl groups is 1. The molecule has 2 saturated carbocycles. The third kappa shape index (κ3) is 2.14. The van der Waals surface area contributed by atoms with Crippen LogP contribution in [0, 0.1) is 25.7 Å². The second-order valence-corrected chi connectivity index (χ2v) is 8.25. The zero-order valence-corrected chi connectivity index (χ0v) is 14.2. The van der Waals surface area contributed by atoms with Gasteiger partial charge in [-0.2, -0.15) is 0 Å². The van der Waals surface area contributed by atoms with Crippen LogP contribution in [0.2, 0.25) is 0 Å². The number of fused-ring (bicyclic) bond motifs is 2. The molecule has 0 spiro atoms. The monoisotopic (exact) mass is 317 g/mol. The number of aryl methyl sites for hydroxylation is 2. The summed E-state index contributed by atoms with van der Waals surface area (Å²) in [5, 5.41) is 11.1. The molecule has 2 aliphatic carbocycles. The van der Waals surface area contributed by atoms with Gasteiger partial charge in [0, 0.05) is 18.0 Å². The lowest BCUT2D eigenvalue weighted by atomic mass is 10.0. The molecule has 2 aromatic rings. The smallest absolute Gasteiger partial charge is 0.141 e. The third-order valence-electron chi connectivity index (χ3n) is 5.79. The van der Waals surface area contributed by atoms with Gasteiger partial charge in [-0.05, 0) is 56.9 Å². The lowest BCUT2D eigenvalue weighted by Crippen LogP contribution is -2.31. The summed E-state index contributed by atoms with van der Waals surface area (Å²) in [5.41, 5.74) is 1.32. The first kappa shape index (κ1) is 14.4. The summed E-state index contributed by atoms with van der Waals surface area (Å²) in [6.07, 6.45) is 5.99. The number of aromatic nitrogens is 2. The van der Waals surface area contributed by atoms with Crippen LogP contribution in [0.25, 0.3) is 10.2 Å². The Labute approximate surface area is 135 Å². The summed E-state index contributed by atoms with van der Waals surface area (Å²) in [5.74, 6) is 2.48. The van der Waals surface area contributed by atoms with Crippen LogP contribution >= 0.6 is 11.3 Å². The quantitative estimate of drug-likeness (QED) is 0.923. The first-order chi connectivity index (χ1) is 10.5.